The molecule has 0 aliphatic heterocycles. The molecule has 1 aromatic heterocycles. The Morgan fingerprint density at radius 2 is 1.78 bits per heavy atom. The van der Waals surface area contributed by atoms with Crippen LogP contribution >= 0.6 is 11.8 Å². The molecule has 138 valence electrons. The first kappa shape index (κ1) is 17.8. The van der Waals surface area contributed by atoms with E-state index in [1.165, 1.54) is 11.8 Å². The van der Waals surface area contributed by atoms with Crippen LogP contribution in [0.4, 0.5) is 5.69 Å². The highest BCUT2D eigenvalue weighted by molar-refractivity contribution is 8.00. The molecule has 1 saturated carbocycles. The summed E-state index contributed by atoms with van der Waals surface area (Å²) in [6.45, 7) is 4.00. The van der Waals surface area contributed by atoms with Gasteiger partial charge in [0.15, 0.2) is 5.16 Å². The van der Waals surface area contributed by atoms with Crippen LogP contribution in [0.25, 0.3) is 0 Å². The zero-order valence-electron chi connectivity index (χ0n) is 15.4. The number of benzene rings is 2. The van der Waals surface area contributed by atoms with Gasteiger partial charge in [-0.2, -0.15) is 0 Å². The minimum Gasteiger partial charge on any atom is -0.325 e. The lowest BCUT2D eigenvalue weighted by Gasteiger charge is -2.17. The quantitative estimate of drug-likeness (QED) is 0.632. The largest absolute Gasteiger partial charge is 0.325 e. The van der Waals surface area contributed by atoms with Crippen molar-refractivity contribution in [1.82, 2.24) is 14.8 Å². The number of anilines is 1. The van der Waals surface area contributed by atoms with Crippen molar-refractivity contribution in [3.8, 4) is 0 Å². The van der Waals surface area contributed by atoms with Crippen LogP contribution in [0.1, 0.15) is 41.1 Å². The summed E-state index contributed by atoms with van der Waals surface area (Å²) in [6.07, 6.45) is 2.30. The summed E-state index contributed by atoms with van der Waals surface area (Å²) in [6, 6.07) is 18.2. The van der Waals surface area contributed by atoms with Crippen molar-refractivity contribution in [2.75, 3.05) is 5.32 Å². The van der Waals surface area contributed by atoms with Gasteiger partial charge in [0, 0.05) is 11.7 Å². The van der Waals surface area contributed by atoms with Crippen molar-refractivity contribution in [3.63, 3.8) is 0 Å². The van der Waals surface area contributed by atoms with E-state index in [2.05, 4.69) is 20.1 Å². The van der Waals surface area contributed by atoms with E-state index in [0.717, 1.165) is 40.6 Å². The number of hydrogen-bond acceptors (Lipinski definition) is 4. The molecule has 0 bridgehead atoms. The van der Waals surface area contributed by atoms with E-state index in [1.54, 1.807) is 0 Å². The number of hydrogen-bond donors (Lipinski definition) is 1. The van der Waals surface area contributed by atoms with Crippen LogP contribution in [0.5, 0.6) is 0 Å². The second-order valence-electron chi connectivity index (χ2n) is 6.89. The molecule has 3 aromatic rings. The molecule has 1 aliphatic rings. The van der Waals surface area contributed by atoms with Gasteiger partial charge in [0.2, 0.25) is 5.91 Å². The number of carbonyl (C=O) groups is 1. The van der Waals surface area contributed by atoms with Crippen molar-refractivity contribution in [2.24, 2.45) is 0 Å². The maximum Gasteiger partial charge on any atom is 0.242 e. The number of aromatic nitrogens is 3. The Morgan fingerprint density at radius 1 is 1.07 bits per heavy atom. The highest BCUT2D eigenvalue weighted by Gasteiger charge is 2.31. The van der Waals surface area contributed by atoms with E-state index < -0.39 is 5.25 Å². The number of nitrogens with one attached hydrogen (secondary N) is 1. The minimum atomic E-state index is -0.395. The molecule has 1 amide bonds. The summed E-state index contributed by atoms with van der Waals surface area (Å²) in [5.74, 6) is 0.851. The molecule has 6 heteroatoms. The predicted octanol–water partition coefficient (Wildman–Crippen LogP) is 4.70. The van der Waals surface area contributed by atoms with E-state index >= 15 is 0 Å². The van der Waals surface area contributed by atoms with Gasteiger partial charge in [-0.05, 0) is 44.4 Å². The van der Waals surface area contributed by atoms with E-state index in [1.807, 2.05) is 68.4 Å². The molecule has 1 aliphatic carbocycles. The number of nitrogens with zero attached hydrogens (tertiary/aromatic N) is 3. The number of amides is 1. The third kappa shape index (κ3) is 4.06. The fourth-order valence-corrected chi connectivity index (χ4v) is 4.19. The Balaban J connectivity index is 1.61. The standard InChI is InChI=1S/C21H22N4OS/c1-14-8-10-17(11-9-14)22-20(26)19(16-6-4-3-5-7-16)27-21-24-23-15(2)25(21)18-12-13-18/h3-11,18-19H,12-13H2,1-2H3,(H,22,26). The molecule has 1 fully saturated rings. The number of rotatable bonds is 6. The highest BCUT2D eigenvalue weighted by atomic mass is 32.2. The Bertz CT molecular complexity index is 933. The lowest BCUT2D eigenvalue weighted by atomic mass is 10.1. The first-order valence-corrected chi connectivity index (χ1v) is 10.0. The van der Waals surface area contributed by atoms with E-state index in [-0.39, 0.29) is 5.91 Å². The molecule has 27 heavy (non-hydrogen) atoms. The van der Waals surface area contributed by atoms with Crippen LogP contribution in [-0.4, -0.2) is 20.7 Å². The molecular formula is C21H22N4OS. The van der Waals surface area contributed by atoms with Gasteiger partial charge in [0.25, 0.3) is 0 Å². The fraction of sp³-hybridized carbons (Fsp3) is 0.286. The van der Waals surface area contributed by atoms with Gasteiger partial charge >= 0.3 is 0 Å². The van der Waals surface area contributed by atoms with Crippen molar-refractivity contribution in [1.29, 1.82) is 0 Å². The van der Waals surface area contributed by atoms with Crippen molar-refractivity contribution in [3.05, 3.63) is 71.5 Å². The summed E-state index contributed by atoms with van der Waals surface area (Å²) in [7, 11) is 0. The highest BCUT2D eigenvalue weighted by Crippen LogP contribution is 2.42. The minimum absolute atomic E-state index is 0.0574. The third-order valence-corrected chi connectivity index (χ3v) is 5.84. The first-order chi connectivity index (χ1) is 13.1. The normalized spacial score (nSPS) is 14.7. The van der Waals surface area contributed by atoms with Crippen LogP contribution in [0.3, 0.4) is 0 Å². The van der Waals surface area contributed by atoms with Crippen molar-refractivity contribution >= 4 is 23.4 Å². The molecule has 1 atom stereocenters. The summed E-state index contributed by atoms with van der Waals surface area (Å²) in [5.41, 5.74) is 2.91. The summed E-state index contributed by atoms with van der Waals surface area (Å²) >= 11 is 1.47. The predicted molar refractivity (Wildman–Crippen MR) is 108 cm³/mol. The van der Waals surface area contributed by atoms with Gasteiger partial charge in [0.05, 0.1) is 0 Å². The van der Waals surface area contributed by atoms with Gasteiger partial charge in [-0.1, -0.05) is 59.8 Å². The van der Waals surface area contributed by atoms with Gasteiger partial charge in [-0.3, -0.25) is 4.79 Å². The molecule has 0 radical (unpaired) electrons. The second kappa shape index (κ2) is 7.56. The molecule has 5 nitrogen and oxygen atoms in total. The van der Waals surface area contributed by atoms with E-state index in [0.29, 0.717) is 6.04 Å². The maximum absolute atomic E-state index is 13.1. The summed E-state index contributed by atoms with van der Waals surface area (Å²) < 4.78 is 2.17. The SMILES string of the molecule is Cc1ccc(NC(=O)C(Sc2nnc(C)n2C2CC2)c2ccccc2)cc1. The van der Waals surface area contributed by atoms with E-state index in [9.17, 15) is 4.79 Å². The molecule has 1 unspecified atom stereocenters. The Labute approximate surface area is 163 Å². The van der Waals surface area contributed by atoms with Crippen LogP contribution in [0.2, 0.25) is 0 Å². The smallest absolute Gasteiger partial charge is 0.242 e. The average Bonchev–Trinajstić information content (AvgIpc) is 3.45. The lowest BCUT2D eigenvalue weighted by molar-refractivity contribution is -0.115. The Morgan fingerprint density at radius 3 is 2.44 bits per heavy atom. The van der Waals surface area contributed by atoms with Crippen LogP contribution in [-0.2, 0) is 4.79 Å². The summed E-state index contributed by atoms with van der Waals surface area (Å²) in [5, 5.41) is 12.0. The van der Waals surface area contributed by atoms with Crippen molar-refractivity contribution < 1.29 is 4.79 Å². The molecule has 1 heterocycles. The first-order valence-electron chi connectivity index (χ1n) is 9.12. The van der Waals surface area contributed by atoms with Gasteiger partial charge in [-0.25, -0.2) is 0 Å². The zero-order chi connectivity index (χ0) is 18.8. The number of aryl methyl sites for hydroxylation is 2. The molecule has 2 aromatic carbocycles. The van der Waals surface area contributed by atoms with Gasteiger partial charge in [0.1, 0.15) is 11.1 Å². The topological polar surface area (TPSA) is 59.8 Å². The molecule has 1 N–H and O–H groups in total. The Kier molecular flexibility index (Phi) is 4.99. The number of carbonyl (C=O) groups excluding carboxylic acids is 1. The maximum atomic E-state index is 13.1. The molecule has 0 saturated heterocycles. The second-order valence-corrected chi connectivity index (χ2v) is 7.97. The van der Waals surface area contributed by atoms with Crippen LogP contribution in [0.15, 0.2) is 59.8 Å². The average molecular weight is 379 g/mol. The number of thioether (sulfide) groups is 1. The Hall–Kier alpha value is -2.60. The zero-order valence-corrected chi connectivity index (χ0v) is 16.2. The fourth-order valence-electron chi connectivity index (χ4n) is 3.03. The lowest BCUT2D eigenvalue weighted by Crippen LogP contribution is -2.19. The van der Waals surface area contributed by atoms with Gasteiger partial charge < -0.3 is 9.88 Å². The van der Waals surface area contributed by atoms with Gasteiger partial charge in [-0.15, -0.1) is 10.2 Å². The molecule has 4 rings (SSSR count). The third-order valence-electron chi connectivity index (χ3n) is 4.63. The molecular weight excluding hydrogens is 356 g/mol. The van der Waals surface area contributed by atoms with Crippen LogP contribution in [0, 0.1) is 13.8 Å². The molecule has 0 spiro atoms. The van der Waals surface area contributed by atoms with E-state index in [4.69, 9.17) is 0 Å². The van der Waals surface area contributed by atoms with Crippen LogP contribution < -0.4 is 5.32 Å². The monoisotopic (exact) mass is 378 g/mol. The summed E-state index contributed by atoms with van der Waals surface area (Å²) in [4.78, 5) is 13.1. The van der Waals surface area contributed by atoms with Crippen molar-refractivity contribution in [2.45, 2.75) is 43.1 Å².